The van der Waals surface area contributed by atoms with Crippen LogP contribution in [0.5, 0.6) is 0 Å². The summed E-state index contributed by atoms with van der Waals surface area (Å²) in [5, 5.41) is 9.81. The van der Waals surface area contributed by atoms with E-state index in [4.69, 9.17) is 16.3 Å². The SMILES string of the molecule is O=C(Cl)CCC(=O)OCc1ccc([N+](=O)[O-])cc1. The Balaban J connectivity index is 2.41. The number of hydrogen-bond acceptors (Lipinski definition) is 5. The van der Waals surface area contributed by atoms with E-state index < -0.39 is 16.1 Å². The number of non-ortho nitro benzene ring substituents is 1. The highest BCUT2D eigenvalue weighted by Gasteiger charge is 2.08. The molecule has 96 valence electrons. The first-order valence-electron chi connectivity index (χ1n) is 5.06. The van der Waals surface area contributed by atoms with Crippen molar-refractivity contribution in [1.82, 2.24) is 0 Å². The van der Waals surface area contributed by atoms with Crippen LogP contribution in [0.2, 0.25) is 0 Å². The molecular formula is C11H10ClNO5. The second-order valence-electron chi connectivity index (χ2n) is 3.44. The summed E-state index contributed by atoms with van der Waals surface area (Å²) in [7, 11) is 0. The highest BCUT2D eigenvalue weighted by atomic mass is 35.5. The number of nitro benzene ring substituents is 1. The van der Waals surface area contributed by atoms with E-state index in [2.05, 4.69) is 0 Å². The molecule has 0 aliphatic carbocycles. The molecule has 0 aliphatic heterocycles. The molecule has 0 atom stereocenters. The van der Waals surface area contributed by atoms with E-state index in [0.29, 0.717) is 5.56 Å². The van der Waals surface area contributed by atoms with Crippen molar-refractivity contribution >= 4 is 28.5 Å². The first-order valence-corrected chi connectivity index (χ1v) is 5.44. The van der Waals surface area contributed by atoms with Gasteiger partial charge in [0, 0.05) is 18.6 Å². The van der Waals surface area contributed by atoms with Gasteiger partial charge in [0.05, 0.1) is 11.3 Å². The number of ether oxygens (including phenoxy) is 1. The fourth-order valence-corrected chi connectivity index (χ4v) is 1.24. The van der Waals surface area contributed by atoms with E-state index >= 15 is 0 Å². The summed E-state index contributed by atoms with van der Waals surface area (Å²) < 4.78 is 4.86. The van der Waals surface area contributed by atoms with Gasteiger partial charge in [0.15, 0.2) is 0 Å². The Morgan fingerprint density at radius 3 is 2.33 bits per heavy atom. The standard InChI is InChI=1S/C11H10ClNO5/c12-10(14)5-6-11(15)18-7-8-1-3-9(4-2-8)13(16)17/h1-4H,5-7H2. The van der Waals surface area contributed by atoms with E-state index in [-0.39, 0.29) is 25.1 Å². The quantitative estimate of drug-likeness (QED) is 0.342. The summed E-state index contributed by atoms with van der Waals surface area (Å²) in [4.78, 5) is 31.5. The molecule has 1 aromatic carbocycles. The zero-order valence-corrected chi connectivity index (χ0v) is 10.1. The number of carbonyl (C=O) groups is 2. The molecular weight excluding hydrogens is 262 g/mol. The summed E-state index contributed by atoms with van der Waals surface area (Å²) >= 11 is 5.08. The number of esters is 1. The molecule has 0 unspecified atom stereocenters. The molecule has 0 saturated heterocycles. The topological polar surface area (TPSA) is 86.5 Å². The molecule has 1 aromatic rings. The van der Waals surface area contributed by atoms with Gasteiger partial charge < -0.3 is 4.74 Å². The normalized spacial score (nSPS) is 9.83. The van der Waals surface area contributed by atoms with Crippen molar-refractivity contribution in [2.24, 2.45) is 0 Å². The molecule has 6 nitrogen and oxygen atoms in total. The van der Waals surface area contributed by atoms with Crippen molar-refractivity contribution in [3.05, 3.63) is 39.9 Å². The minimum atomic E-state index is -0.595. The maximum atomic E-state index is 11.2. The highest BCUT2D eigenvalue weighted by molar-refractivity contribution is 6.63. The molecule has 1 rings (SSSR count). The van der Waals surface area contributed by atoms with Crippen molar-refractivity contribution in [2.75, 3.05) is 0 Å². The number of rotatable bonds is 6. The molecule has 0 radical (unpaired) electrons. The van der Waals surface area contributed by atoms with Crippen LogP contribution in [0, 0.1) is 10.1 Å². The maximum absolute atomic E-state index is 11.2. The Bertz CT molecular complexity index is 457. The van der Waals surface area contributed by atoms with Crippen LogP contribution in [0.1, 0.15) is 18.4 Å². The van der Waals surface area contributed by atoms with E-state index in [1.54, 1.807) is 0 Å². The predicted molar refractivity (Wildman–Crippen MR) is 63.0 cm³/mol. The summed E-state index contributed by atoms with van der Waals surface area (Å²) in [6.07, 6.45) is -0.143. The van der Waals surface area contributed by atoms with Crippen molar-refractivity contribution in [1.29, 1.82) is 0 Å². The molecule has 0 amide bonds. The third-order valence-electron chi connectivity index (χ3n) is 2.07. The zero-order chi connectivity index (χ0) is 13.5. The lowest BCUT2D eigenvalue weighted by atomic mass is 10.2. The molecule has 0 aromatic heterocycles. The van der Waals surface area contributed by atoms with Crippen molar-refractivity contribution in [2.45, 2.75) is 19.4 Å². The molecule has 0 N–H and O–H groups in total. The lowest BCUT2D eigenvalue weighted by Gasteiger charge is -2.03. The lowest BCUT2D eigenvalue weighted by Crippen LogP contribution is -2.05. The largest absolute Gasteiger partial charge is 0.461 e. The number of hydrogen-bond donors (Lipinski definition) is 0. The minimum absolute atomic E-state index is 0.00725. The van der Waals surface area contributed by atoms with Gasteiger partial charge in [-0.2, -0.15) is 0 Å². The van der Waals surface area contributed by atoms with Gasteiger partial charge in [-0.15, -0.1) is 0 Å². The van der Waals surface area contributed by atoms with Crippen LogP contribution in [0.15, 0.2) is 24.3 Å². The first kappa shape index (κ1) is 14.1. The molecule has 18 heavy (non-hydrogen) atoms. The van der Waals surface area contributed by atoms with Gasteiger partial charge in [-0.25, -0.2) is 0 Å². The van der Waals surface area contributed by atoms with E-state index in [0.717, 1.165) is 0 Å². The number of benzene rings is 1. The average molecular weight is 272 g/mol. The van der Waals surface area contributed by atoms with E-state index in [9.17, 15) is 19.7 Å². The van der Waals surface area contributed by atoms with E-state index in [1.807, 2.05) is 0 Å². The molecule has 7 heteroatoms. The Labute approximate surface area is 108 Å². The molecule has 0 aliphatic rings. The molecule has 0 spiro atoms. The second kappa shape index (κ2) is 6.70. The summed E-state index contributed by atoms with van der Waals surface area (Å²) in [6, 6.07) is 5.65. The Kier molecular flexibility index (Phi) is 5.26. The number of nitro groups is 1. The monoisotopic (exact) mass is 271 g/mol. The van der Waals surface area contributed by atoms with Gasteiger partial charge >= 0.3 is 5.97 Å². The molecule has 0 saturated carbocycles. The van der Waals surface area contributed by atoms with Crippen molar-refractivity contribution in [3.63, 3.8) is 0 Å². The third-order valence-corrected chi connectivity index (χ3v) is 2.26. The van der Waals surface area contributed by atoms with Gasteiger partial charge in [0.25, 0.3) is 5.69 Å². The smallest absolute Gasteiger partial charge is 0.306 e. The summed E-state index contributed by atoms with van der Waals surface area (Å²) in [5.74, 6) is -0.539. The number of nitrogens with zero attached hydrogens (tertiary/aromatic N) is 1. The van der Waals surface area contributed by atoms with Crippen LogP contribution in [-0.2, 0) is 20.9 Å². The fraction of sp³-hybridized carbons (Fsp3) is 0.273. The van der Waals surface area contributed by atoms with Crippen LogP contribution < -0.4 is 0 Å². The van der Waals surface area contributed by atoms with Crippen LogP contribution in [-0.4, -0.2) is 16.1 Å². The van der Waals surface area contributed by atoms with Gasteiger partial charge in [-0.3, -0.25) is 19.7 Å². The Morgan fingerprint density at radius 1 is 1.22 bits per heavy atom. The van der Waals surface area contributed by atoms with Crippen LogP contribution in [0.3, 0.4) is 0 Å². The summed E-state index contributed by atoms with van der Waals surface area (Å²) in [5.41, 5.74) is 0.601. The van der Waals surface area contributed by atoms with Gasteiger partial charge in [-0.1, -0.05) is 0 Å². The lowest BCUT2D eigenvalue weighted by molar-refractivity contribution is -0.384. The van der Waals surface area contributed by atoms with Crippen LogP contribution >= 0.6 is 11.6 Å². The maximum Gasteiger partial charge on any atom is 0.306 e. The van der Waals surface area contributed by atoms with Gasteiger partial charge in [0.1, 0.15) is 6.61 Å². The fourth-order valence-electron chi connectivity index (χ4n) is 1.15. The van der Waals surface area contributed by atoms with Gasteiger partial charge in [-0.05, 0) is 29.3 Å². The minimum Gasteiger partial charge on any atom is -0.461 e. The Morgan fingerprint density at radius 2 is 1.83 bits per heavy atom. The van der Waals surface area contributed by atoms with Crippen molar-refractivity contribution in [3.8, 4) is 0 Å². The van der Waals surface area contributed by atoms with Crippen LogP contribution in [0.4, 0.5) is 5.69 Å². The molecule has 0 bridgehead atoms. The molecule has 0 fully saturated rings. The second-order valence-corrected chi connectivity index (χ2v) is 3.86. The highest BCUT2D eigenvalue weighted by Crippen LogP contribution is 2.12. The Hall–Kier alpha value is -1.95. The first-order chi connectivity index (χ1) is 8.49. The number of carbonyl (C=O) groups excluding carboxylic acids is 2. The summed E-state index contributed by atoms with van der Waals surface area (Å²) in [6.45, 7) is 0.00725. The third kappa shape index (κ3) is 4.92. The predicted octanol–water partition coefficient (Wildman–Crippen LogP) is 2.18. The average Bonchev–Trinajstić information content (AvgIpc) is 2.34. The zero-order valence-electron chi connectivity index (χ0n) is 9.30. The molecule has 0 heterocycles. The van der Waals surface area contributed by atoms with Crippen molar-refractivity contribution < 1.29 is 19.2 Å². The van der Waals surface area contributed by atoms with Gasteiger partial charge in [0.2, 0.25) is 5.24 Å². The number of halogens is 1. The van der Waals surface area contributed by atoms with E-state index in [1.165, 1.54) is 24.3 Å². The van der Waals surface area contributed by atoms with Crippen LogP contribution in [0.25, 0.3) is 0 Å².